The third-order valence-corrected chi connectivity index (χ3v) is 4.34. The first-order chi connectivity index (χ1) is 12.3. The Kier molecular flexibility index (Phi) is 9.73. The van der Waals surface area contributed by atoms with E-state index in [0.717, 1.165) is 18.9 Å². The molecule has 1 aliphatic rings. The van der Waals surface area contributed by atoms with E-state index < -0.39 is 11.9 Å². The van der Waals surface area contributed by atoms with Crippen LogP contribution >= 0.6 is 0 Å². The van der Waals surface area contributed by atoms with Crippen molar-refractivity contribution in [1.82, 2.24) is 4.90 Å². The molecule has 0 radical (unpaired) electrons. The van der Waals surface area contributed by atoms with E-state index >= 15 is 0 Å². The van der Waals surface area contributed by atoms with Crippen molar-refractivity contribution in [3.63, 3.8) is 0 Å². The van der Waals surface area contributed by atoms with Crippen LogP contribution in [0.3, 0.4) is 0 Å². The summed E-state index contributed by atoms with van der Waals surface area (Å²) in [5.41, 5.74) is 2.60. The molecule has 0 bridgehead atoms. The molecule has 0 amide bonds. The van der Waals surface area contributed by atoms with E-state index in [0.29, 0.717) is 5.92 Å². The number of carboxylic acid groups (broad SMARTS) is 2. The second-order valence-corrected chi connectivity index (χ2v) is 6.91. The summed E-state index contributed by atoms with van der Waals surface area (Å²) in [6, 6.07) is 6.57. The molecule has 26 heavy (non-hydrogen) atoms. The fourth-order valence-electron chi connectivity index (χ4n) is 2.89. The average molecular weight is 365 g/mol. The molecule has 1 saturated heterocycles. The molecular formula is C20H31NO5. The molecule has 0 aromatic heterocycles. The van der Waals surface area contributed by atoms with Crippen LogP contribution in [0, 0.1) is 6.92 Å². The Bertz CT molecular complexity index is 566. The van der Waals surface area contributed by atoms with Crippen LogP contribution in [-0.4, -0.2) is 53.3 Å². The summed E-state index contributed by atoms with van der Waals surface area (Å²) in [6.45, 7) is 10.9. The monoisotopic (exact) mass is 365 g/mol. The molecule has 1 aliphatic heterocycles. The lowest BCUT2D eigenvalue weighted by Crippen LogP contribution is -2.29. The van der Waals surface area contributed by atoms with Gasteiger partial charge in [0.15, 0.2) is 0 Å². The molecule has 0 unspecified atom stereocenters. The lowest BCUT2D eigenvalue weighted by atomic mass is 10.0. The first-order valence-electron chi connectivity index (χ1n) is 9.23. The third-order valence-electron chi connectivity index (χ3n) is 4.34. The lowest BCUT2D eigenvalue weighted by Gasteiger charge is -2.21. The predicted molar refractivity (Wildman–Crippen MR) is 101 cm³/mol. The third kappa shape index (κ3) is 8.34. The van der Waals surface area contributed by atoms with Gasteiger partial charge in [-0.15, -0.1) is 0 Å². The van der Waals surface area contributed by atoms with E-state index in [-0.39, 0.29) is 0 Å². The lowest BCUT2D eigenvalue weighted by molar-refractivity contribution is -0.159. The molecule has 1 fully saturated rings. The van der Waals surface area contributed by atoms with Gasteiger partial charge in [-0.1, -0.05) is 38.8 Å². The van der Waals surface area contributed by atoms with Gasteiger partial charge in [0.25, 0.3) is 0 Å². The first-order valence-corrected chi connectivity index (χ1v) is 9.23. The summed E-state index contributed by atoms with van der Waals surface area (Å²) >= 11 is 0. The number of nitrogens with zero attached hydrogens (tertiary/aromatic N) is 1. The Morgan fingerprint density at radius 3 is 2.15 bits per heavy atom. The number of carboxylic acids is 2. The summed E-state index contributed by atoms with van der Waals surface area (Å²) in [4.78, 5) is 20.8. The molecule has 6 heteroatoms. The number of rotatable bonds is 5. The topological polar surface area (TPSA) is 87.1 Å². The standard InChI is InChI=1S/C18H29NO.C2H2O4/c1-15(2)17-9-8-16(3)14-18(17)20-13-12-19-10-6-4-5-7-11-19;3-1(4)2(5)6/h8-9,14-15H,4-7,10-13H2,1-3H3;(H,3,4)(H,5,6). The number of carbonyl (C=O) groups is 2. The number of hydrogen-bond donors (Lipinski definition) is 2. The van der Waals surface area contributed by atoms with Crippen molar-refractivity contribution in [2.24, 2.45) is 0 Å². The van der Waals surface area contributed by atoms with Gasteiger partial charge in [0.1, 0.15) is 12.4 Å². The fourth-order valence-corrected chi connectivity index (χ4v) is 2.89. The van der Waals surface area contributed by atoms with Gasteiger partial charge in [-0.25, -0.2) is 9.59 Å². The first kappa shape index (κ1) is 22.0. The number of benzene rings is 1. The Morgan fingerprint density at radius 2 is 1.65 bits per heavy atom. The van der Waals surface area contributed by atoms with Crippen molar-refractivity contribution in [3.8, 4) is 5.75 Å². The van der Waals surface area contributed by atoms with Crippen LogP contribution in [0.5, 0.6) is 5.75 Å². The maximum absolute atomic E-state index is 9.10. The zero-order valence-corrected chi connectivity index (χ0v) is 16.0. The van der Waals surface area contributed by atoms with E-state index in [1.807, 2.05) is 0 Å². The quantitative estimate of drug-likeness (QED) is 0.776. The highest BCUT2D eigenvalue weighted by atomic mass is 16.5. The minimum Gasteiger partial charge on any atom is -0.492 e. The minimum absolute atomic E-state index is 0.517. The van der Waals surface area contributed by atoms with Crippen LogP contribution in [0.25, 0.3) is 0 Å². The highest BCUT2D eigenvalue weighted by Crippen LogP contribution is 2.27. The number of likely N-dealkylation sites (tertiary alicyclic amines) is 1. The minimum atomic E-state index is -1.82. The van der Waals surface area contributed by atoms with Gasteiger partial charge in [-0.3, -0.25) is 4.90 Å². The van der Waals surface area contributed by atoms with E-state index in [1.165, 1.54) is 49.9 Å². The zero-order valence-electron chi connectivity index (χ0n) is 16.0. The normalized spacial score (nSPS) is 14.9. The van der Waals surface area contributed by atoms with Crippen LogP contribution < -0.4 is 4.74 Å². The van der Waals surface area contributed by atoms with Gasteiger partial charge >= 0.3 is 11.9 Å². The van der Waals surface area contributed by atoms with Gasteiger partial charge in [0.2, 0.25) is 0 Å². The predicted octanol–water partition coefficient (Wildman–Crippen LogP) is 3.53. The molecular weight excluding hydrogens is 334 g/mol. The van der Waals surface area contributed by atoms with Crippen LogP contribution in [0.15, 0.2) is 18.2 Å². The molecule has 0 spiro atoms. The second-order valence-electron chi connectivity index (χ2n) is 6.91. The van der Waals surface area contributed by atoms with Crippen molar-refractivity contribution >= 4 is 11.9 Å². The molecule has 6 nitrogen and oxygen atoms in total. The van der Waals surface area contributed by atoms with Crippen molar-refractivity contribution in [3.05, 3.63) is 29.3 Å². The Labute approximate surface area is 155 Å². The highest BCUT2D eigenvalue weighted by Gasteiger charge is 2.11. The van der Waals surface area contributed by atoms with Crippen LogP contribution in [0.2, 0.25) is 0 Å². The van der Waals surface area contributed by atoms with Gasteiger partial charge in [0, 0.05) is 6.54 Å². The molecule has 146 valence electrons. The smallest absolute Gasteiger partial charge is 0.414 e. The van der Waals surface area contributed by atoms with E-state index in [2.05, 4.69) is 43.9 Å². The van der Waals surface area contributed by atoms with E-state index in [1.54, 1.807) is 0 Å². The summed E-state index contributed by atoms with van der Waals surface area (Å²) in [7, 11) is 0. The van der Waals surface area contributed by atoms with Gasteiger partial charge in [-0.2, -0.15) is 0 Å². The fraction of sp³-hybridized carbons (Fsp3) is 0.600. The van der Waals surface area contributed by atoms with Gasteiger partial charge in [-0.05, 0) is 56.0 Å². The largest absolute Gasteiger partial charge is 0.492 e. The zero-order chi connectivity index (χ0) is 19.5. The Morgan fingerprint density at radius 1 is 1.08 bits per heavy atom. The molecule has 0 saturated carbocycles. The van der Waals surface area contributed by atoms with E-state index in [9.17, 15) is 0 Å². The SMILES string of the molecule is Cc1ccc(C(C)C)c(OCCN2CCCCCC2)c1.O=C(O)C(=O)O. The van der Waals surface area contributed by atoms with Crippen LogP contribution in [-0.2, 0) is 9.59 Å². The summed E-state index contributed by atoms with van der Waals surface area (Å²) in [5.74, 6) is -2.05. The van der Waals surface area contributed by atoms with Gasteiger partial charge < -0.3 is 14.9 Å². The molecule has 1 heterocycles. The van der Waals surface area contributed by atoms with Crippen molar-refractivity contribution in [2.75, 3.05) is 26.2 Å². The molecule has 0 atom stereocenters. The summed E-state index contributed by atoms with van der Waals surface area (Å²) in [6.07, 6.45) is 5.49. The van der Waals surface area contributed by atoms with Gasteiger partial charge in [0.05, 0.1) is 0 Å². The van der Waals surface area contributed by atoms with Crippen molar-refractivity contribution in [2.45, 2.75) is 52.4 Å². The summed E-state index contributed by atoms with van der Waals surface area (Å²) in [5, 5.41) is 14.8. The Hall–Kier alpha value is -2.08. The highest BCUT2D eigenvalue weighted by molar-refractivity contribution is 6.27. The second kappa shape index (κ2) is 11.5. The molecule has 1 aromatic rings. The maximum atomic E-state index is 9.10. The molecule has 2 N–H and O–H groups in total. The van der Waals surface area contributed by atoms with Crippen LogP contribution in [0.4, 0.5) is 0 Å². The molecule has 2 rings (SSSR count). The average Bonchev–Trinajstić information content (AvgIpc) is 2.84. The molecule has 0 aliphatic carbocycles. The number of aliphatic carboxylic acids is 2. The Balaban J connectivity index is 0.000000487. The maximum Gasteiger partial charge on any atom is 0.414 e. The number of aryl methyl sites for hydroxylation is 1. The van der Waals surface area contributed by atoms with Crippen molar-refractivity contribution in [1.29, 1.82) is 0 Å². The number of ether oxygens (including phenoxy) is 1. The van der Waals surface area contributed by atoms with Crippen LogP contribution in [0.1, 0.15) is 56.6 Å². The van der Waals surface area contributed by atoms with Crippen molar-refractivity contribution < 1.29 is 24.5 Å². The number of hydrogen-bond acceptors (Lipinski definition) is 4. The summed E-state index contributed by atoms with van der Waals surface area (Å²) < 4.78 is 6.08. The van der Waals surface area contributed by atoms with E-state index in [4.69, 9.17) is 24.5 Å². The molecule has 1 aromatic carbocycles.